The Morgan fingerprint density at radius 2 is 1.97 bits per heavy atom. The van der Waals surface area contributed by atoms with Crippen LogP contribution >= 0.6 is 0 Å². The van der Waals surface area contributed by atoms with Crippen molar-refractivity contribution in [3.8, 4) is 17.2 Å². The van der Waals surface area contributed by atoms with E-state index in [1.807, 2.05) is 50.2 Å². The third kappa shape index (κ3) is 3.58. The molecule has 4 aromatic rings. The Hall–Kier alpha value is -4.00. The van der Waals surface area contributed by atoms with Gasteiger partial charge < -0.3 is 9.52 Å². The smallest absolute Gasteiger partial charge is 0.311 e. The van der Waals surface area contributed by atoms with Crippen molar-refractivity contribution in [2.75, 3.05) is 0 Å². The minimum absolute atomic E-state index is 0.265. The maximum atomic E-state index is 11.0. The number of hydrogen-bond acceptors (Lipinski definition) is 6. The summed E-state index contributed by atoms with van der Waals surface area (Å²) in [6, 6.07) is 15.8. The number of benzene rings is 3. The molecule has 0 atom stereocenters. The Kier molecular flexibility index (Phi) is 4.56. The normalized spacial score (nSPS) is 11.4. The molecule has 0 spiro atoms. The van der Waals surface area contributed by atoms with Crippen molar-refractivity contribution in [1.82, 2.24) is 4.98 Å². The third-order valence-electron chi connectivity index (χ3n) is 4.58. The van der Waals surface area contributed by atoms with E-state index in [0.717, 1.165) is 22.2 Å². The number of aromatic hydroxyl groups is 1. The number of aliphatic imine (C=N–C) groups is 1. The van der Waals surface area contributed by atoms with Gasteiger partial charge in [-0.3, -0.25) is 15.1 Å². The molecule has 1 N–H and O–H groups in total. The van der Waals surface area contributed by atoms with E-state index >= 15 is 0 Å². The Labute approximate surface area is 166 Å². The monoisotopic (exact) mass is 387 g/mol. The highest BCUT2D eigenvalue weighted by Gasteiger charge is 2.15. The van der Waals surface area contributed by atoms with Gasteiger partial charge in [0.15, 0.2) is 5.58 Å². The third-order valence-corrected chi connectivity index (χ3v) is 4.58. The fourth-order valence-electron chi connectivity index (χ4n) is 2.98. The molecule has 144 valence electrons. The summed E-state index contributed by atoms with van der Waals surface area (Å²) in [5.74, 6) is 0.0737. The summed E-state index contributed by atoms with van der Waals surface area (Å²) in [4.78, 5) is 19.3. The Bertz CT molecular complexity index is 1270. The van der Waals surface area contributed by atoms with Crippen LogP contribution in [0.1, 0.15) is 16.7 Å². The molecular weight excluding hydrogens is 370 g/mol. The van der Waals surface area contributed by atoms with E-state index < -0.39 is 10.7 Å². The molecular formula is C22H17N3O4. The molecule has 29 heavy (non-hydrogen) atoms. The second-order valence-corrected chi connectivity index (χ2v) is 6.72. The van der Waals surface area contributed by atoms with E-state index in [0.29, 0.717) is 17.2 Å². The fourth-order valence-corrected chi connectivity index (χ4v) is 2.98. The highest BCUT2D eigenvalue weighted by atomic mass is 16.6. The number of hydrogen-bond donors (Lipinski definition) is 1. The number of rotatable bonds is 4. The van der Waals surface area contributed by atoms with Gasteiger partial charge in [0.25, 0.3) is 0 Å². The first-order valence-corrected chi connectivity index (χ1v) is 8.91. The quantitative estimate of drug-likeness (QED) is 0.284. The number of phenols is 1. The zero-order chi connectivity index (χ0) is 20.5. The molecule has 3 aromatic carbocycles. The number of aromatic nitrogens is 1. The van der Waals surface area contributed by atoms with Crippen LogP contribution in [0.25, 0.3) is 22.6 Å². The van der Waals surface area contributed by atoms with Crippen LogP contribution in [0.2, 0.25) is 0 Å². The van der Waals surface area contributed by atoms with Crippen molar-refractivity contribution in [2.24, 2.45) is 4.99 Å². The van der Waals surface area contributed by atoms with Crippen LogP contribution in [-0.2, 0) is 0 Å². The molecule has 1 heterocycles. The predicted octanol–water partition coefficient (Wildman–Crippen LogP) is 5.48. The van der Waals surface area contributed by atoms with E-state index in [9.17, 15) is 15.2 Å². The average molecular weight is 387 g/mol. The second-order valence-electron chi connectivity index (χ2n) is 6.72. The van der Waals surface area contributed by atoms with Gasteiger partial charge in [-0.25, -0.2) is 4.98 Å². The fraction of sp³-hybridized carbons (Fsp3) is 0.0909. The highest BCUT2D eigenvalue weighted by Crippen LogP contribution is 2.31. The molecule has 0 aliphatic heterocycles. The first kappa shape index (κ1) is 18.4. The number of fused-ring (bicyclic) bond motifs is 1. The number of nitrogens with zero attached hydrogens (tertiary/aromatic N) is 3. The van der Waals surface area contributed by atoms with Crippen molar-refractivity contribution in [3.63, 3.8) is 0 Å². The van der Waals surface area contributed by atoms with Gasteiger partial charge in [0.1, 0.15) is 5.52 Å². The van der Waals surface area contributed by atoms with Crippen LogP contribution in [0.5, 0.6) is 5.75 Å². The van der Waals surface area contributed by atoms with Gasteiger partial charge in [-0.2, -0.15) is 0 Å². The number of nitro benzene ring substituents is 1. The summed E-state index contributed by atoms with van der Waals surface area (Å²) in [5, 5.41) is 21.1. The Morgan fingerprint density at radius 3 is 2.76 bits per heavy atom. The molecule has 0 fully saturated rings. The molecule has 0 unspecified atom stereocenters. The van der Waals surface area contributed by atoms with Crippen LogP contribution in [0, 0.1) is 24.0 Å². The van der Waals surface area contributed by atoms with Gasteiger partial charge >= 0.3 is 5.69 Å². The van der Waals surface area contributed by atoms with E-state index in [2.05, 4.69) is 9.98 Å². The molecule has 0 amide bonds. The maximum Gasteiger partial charge on any atom is 0.311 e. The zero-order valence-corrected chi connectivity index (χ0v) is 15.8. The topological polar surface area (TPSA) is 102 Å². The molecule has 7 heteroatoms. The van der Waals surface area contributed by atoms with Gasteiger partial charge in [-0.15, -0.1) is 0 Å². The van der Waals surface area contributed by atoms with Crippen molar-refractivity contribution in [1.29, 1.82) is 0 Å². The van der Waals surface area contributed by atoms with Crippen LogP contribution in [0.4, 0.5) is 11.4 Å². The van der Waals surface area contributed by atoms with E-state index in [1.165, 1.54) is 18.3 Å². The summed E-state index contributed by atoms with van der Waals surface area (Å²) >= 11 is 0. The molecule has 1 aromatic heterocycles. The zero-order valence-electron chi connectivity index (χ0n) is 15.8. The molecule has 7 nitrogen and oxygen atoms in total. The first-order chi connectivity index (χ1) is 13.9. The molecule has 0 bridgehead atoms. The number of nitro groups is 1. The van der Waals surface area contributed by atoms with Gasteiger partial charge in [0, 0.05) is 23.4 Å². The average Bonchev–Trinajstić information content (AvgIpc) is 3.11. The van der Waals surface area contributed by atoms with Crippen molar-refractivity contribution >= 4 is 28.7 Å². The number of aryl methyl sites for hydroxylation is 2. The molecule has 0 aliphatic carbocycles. The summed E-state index contributed by atoms with van der Waals surface area (Å²) in [7, 11) is 0. The van der Waals surface area contributed by atoms with Crippen molar-refractivity contribution < 1.29 is 14.4 Å². The SMILES string of the molecule is Cc1ccc2oc(-c3ccc(C)c(N=Cc4cccc([N+](=O)[O-])c4O)c3)nc2c1. The minimum atomic E-state index is -0.631. The van der Waals surface area contributed by atoms with Gasteiger partial charge in [-0.05, 0) is 55.3 Å². The lowest BCUT2D eigenvalue weighted by atomic mass is 10.1. The number of phenolic OH excluding ortho intramolecular Hbond substituents is 1. The Morgan fingerprint density at radius 1 is 1.14 bits per heavy atom. The lowest BCUT2D eigenvalue weighted by molar-refractivity contribution is -0.385. The van der Waals surface area contributed by atoms with Gasteiger partial charge in [0.2, 0.25) is 11.6 Å². The highest BCUT2D eigenvalue weighted by molar-refractivity contribution is 5.88. The van der Waals surface area contributed by atoms with E-state index in [4.69, 9.17) is 4.42 Å². The van der Waals surface area contributed by atoms with Crippen molar-refractivity contribution in [2.45, 2.75) is 13.8 Å². The largest absolute Gasteiger partial charge is 0.502 e. The molecule has 4 rings (SSSR count). The maximum absolute atomic E-state index is 11.0. The molecule has 0 saturated heterocycles. The molecule has 0 saturated carbocycles. The lowest BCUT2D eigenvalue weighted by Crippen LogP contribution is -1.91. The van der Waals surface area contributed by atoms with Crippen LogP contribution in [-0.4, -0.2) is 21.2 Å². The van der Waals surface area contributed by atoms with Gasteiger partial charge in [-0.1, -0.05) is 18.2 Å². The predicted molar refractivity (Wildman–Crippen MR) is 111 cm³/mol. The molecule has 0 aliphatic rings. The summed E-state index contributed by atoms with van der Waals surface area (Å²) in [5.41, 5.74) is 4.81. The molecule has 0 radical (unpaired) electrons. The summed E-state index contributed by atoms with van der Waals surface area (Å²) in [6.45, 7) is 3.90. The minimum Gasteiger partial charge on any atom is -0.502 e. The standard InChI is InChI=1S/C22H17N3O4/c1-13-6-9-20-18(10-13)24-22(29-20)15-8-7-14(2)17(11-15)23-12-16-4-3-5-19(21(16)26)25(27)28/h3-12,26H,1-2H3. The van der Waals surface area contributed by atoms with Crippen LogP contribution in [0.15, 0.2) is 64.0 Å². The van der Waals surface area contributed by atoms with E-state index in [1.54, 1.807) is 6.07 Å². The van der Waals surface area contributed by atoms with E-state index in [-0.39, 0.29) is 11.3 Å². The number of oxazole rings is 1. The van der Waals surface area contributed by atoms with Gasteiger partial charge in [0.05, 0.1) is 10.6 Å². The Balaban J connectivity index is 1.71. The lowest BCUT2D eigenvalue weighted by Gasteiger charge is -2.03. The first-order valence-electron chi connectivity index (χ1n) is 8.91. The summed E-state index contributed by atoms with van der Waals surface area (Å²) < 4.78 is 5.85. The summed E-state index contributed by atoms with van der Waals surface area (Å²) in [6.07, 6.45) is 1.41. The second kappa shape index (κ2) is 7.20. The van der Waals surface area contributed by atoms with Crippen molar-refractivity contribution in [3.05, 3.63) is 81.4 Å². The van der Waals surface area contributed by atoms with Crippen LogP contribution < -0.4 is 0 Å². The number of para-hydroxylation sites is 1. The van der Waals surface area contributed by atoms with Crippen LogP contribution in [0.3, 0.4) is 0 Å².